The molecule has 1 aromatic heterocycles. The van der Waals surface area contributed by atoms with Crippen molar-refractivity contribution in [2.24, 2.45) is 0 Å². The summed E-state index contributed by atoms with van der Waals surface area (Å²) < 4.78 is 6.55. The van der Waals surface area contributed by atoms with Crippen molar-refractivity contribution >= 4 is 26.9 Å². The summed E-state index contributed by atoms with van der Waals surface area (Å²) in [6, 6.07) is 3.81. The molecule has 0 unspecified atom stereocenters. The zero-order chi connectivity index (χ0) is 10.3. The largest absolute Gasteiger partial charge is 0.460 e. The van der Waals surface area contributed by atoms with E-state index in [0.29, 0.717) is 0 Å². The van der Waals surface area contributed by atoms with E-state index < -0.39 is 0 Å². The Hall–Kier alpha value is -0.800. The van der Waals surface area contributed by atoms with E-state index in [1.807, 2.05) is 26.0 Å². The summed E-state index contributed by atoms with van der Waals surface area (Å²) in [5, 5.41) is 10.2. The summed E-state index contributed by atoms with van der Waals surface area (Å²) in [4.78, 5) is 0. The van der Waals surface area contributed by atoms with Crippen LogP contribution in [0.3, 0.4) is 0 Å². The standard InChI is InChI=1S/C11H11BrO2/c1-6-7(2)14-11-9(12)4-3-8(5-13)10(6)11/h3-4,13H,5H2,1-2H3. The van der Waals surface area contributed by atoms with Crippen molar-refractivity contribution in [1.29, 1.82) is 0 Å². The average Bonchev–Trinajstić information content (AvgIpc) is 2.47. The van der Waals surface area contributed by atoms with Crippen LogP contribution in [0.1, 0.15) is 16.9 Å². The highest BCUT2D eigenvalue weighted by Gasteiger charge is 2.13. The smallest absolute Gasteiger partial charge is 0.149 e. The Bertz CT molecular complexity index is 485. The van der Waals surface area contributed by atoms with Gasteiger partial charge in [0.15, 0.2) is 0 Å². The molecule has 1 N–H and O–H groups in total. The first-order valence-electron chi connectivity index (χ1n) is 4.43. The second-order valence-corrected chi connectivity index (χ2v) is 4.21. The molecule has 0 aliphatic rings. The van der Waals surface area contributed by atoms with Crippen LogP contribution in [0, 0.1) is 13.8 Å². The minimum atomic E-state index is 0.0452. The number of rotatable bonds is 1. The monoisotopic (exact) mass is 254 g/mol. The van der Waals surface area contributed by atoms with Crippen LogP contribution in [0.25, 0.3) is 11.0 Å². The highest BCUT2D eigenvalue weighted by molar-refractivity contribution is 9.10. The molecule has 2 rings (SSSR count). The lowest BCUT2D eigenvalue weighted by Crippen LogP contribution is -1.85. The highest BCUT2D eigenvalue weighted by Crippen LogP contribution is 2.33. The van der Waals surface area contributed by atoms with Gasteiger partial charge in [-0.15, -0.1) is 0 Å². The quantitative estimate of drug-likeness (QED) is 0.848. The van der Waals surface area contributed by atoms with Gasteiger partial charge in [0.25, 0.3) is 0 Å². The lowest BCUT2D eigenvalue weighted by Gasteiger charge is -2.00. The molecule has 3 heteroatoms. The number of hydrogen-bond acceptors (Lipinski definition) is 2. The molecular formula is C11H11BrO2. The molecule has 1 aromatic carbocycles. The van der Waals surface area contributed by atoms with Crippen LogP contribution >= 0.6 is 15.9 Å². The minimum absolute atomic E-state index is 0.0452. The molecule has 0 aliphatic carbocycles. The fraction of sp³-hybridized carbons (Fsp3) is 0.273. The first-order chi connectivity index (χ1) is 6.65. The van der Waals surface area contributed by atoms with Crippen LogP contribution < -0.4 is 0 Å². The predicted octanol–water partition coefficient (Wildman–Crippen LogP) is 3.30. The molecule has 0 atom stereocenters. The molecule has 74 valence electrons. The molecule has 0 fully saturated rings. The molecule has 0 saturated heterocycles. The van der Waals surface area contributed by atoms with Crippen LogP contribution in [0.2, 0.25) is 0 Å². The number of benzene rings is 1. The molecule has 0 spiro atoms. The fourth-order valence-corrected chi connectivity index (χ4v) is 2.06. The second-order valence-electron chi connectivity index (χ2n) is 3.35. The van der Waals surface area contributed by atoms with E-state index in [1.54, 1.807) is 0 Å². The van der Waals surface area contributed by atoms with E-state index in [9.17, 15) is 5.11 Å². The van der Waals surface area contributed by atoms with E-state index in [0.717, 1.165) is 32.3 Å². The highest BCUT2D eigenvalue weighted by atomic mass is 79.9. The maximum Gasteiger partial charge on any atom is 0.149 e. The molecule has 1 heterocycles. The fourth-order valence-electron chi connectivity index (χ4n) is 1.65. The van der Waals surface area contributed by atoms with Gasteiger partial charge in [0, 0.05) is 5.39 Å². The van der Waals surface area contributed by atoms with Crippen molar-refractivity contribution in [2.75, 3.05) is 0 Å². The SMILES string of the molecule is Cc1oc2c(Br)ccc(CO)c2c1C. The first kappa shape index (κ1) is 9.74. The minimum Gasteiger partial charge on any atom is -0.460 e. The van der Waals surface area contributed by atoms with E-state index in [-0.39, 0.29) is 6.61 Å². The number of furan rings is 1. The normalized spacial score (nSPS) is 11.1. The van der Waals surface area contributed by atoms with Gasteiger partial charge in [0.1, 0.15) is 11.3 Å². The average molecular weight is 255 g/mol. The number of fused-ring (bicyclic) bond motifs is 1. The van der Waals surface area contributed by atoms with E-state index in [1.165, 1.54) is 0 Å². The molecule has 0 saturated carbocycles. The first-order valence-corrected chi connectivity index (χ1v) is 5.22. The Morgan fingerprint density at radius 1 is 1.36 bits per heavy atom. The maximum absolute atomic E-state index is 9.20. The van der Waals surface area contributed by atoms with Gasteiger partial charge in [-0.3, -0.25) is 0 Å². The van der Waals surface area contributed by atoms with Gasteiger partial charge in [-0.1, -0.05) is 6.07 Å². The summed E-state index contributed by atoms with van der Waals surface area (Å²) in [5.74, 6) is 0.904. The summed E-state index contributed by atoms with van der Waals surface area (Å²) >= 11 is 3.43. The van der Waals surface area contributed by atoms with Crippen molar-refractivity contribution in [3.05, 3.63) is 33.5 Å². The Kier molecular flexibility index (Phi) is 2.37. The topological polar surface area (TPSA) is 33.4 Å². The van der Waals surface area contributed by atoms with Gasteiger partial charge in [0.05, 0.1) is 11.1 Å². The molecule has 14 heavy (non-hydrogen) atoms. The van der Waals surface area contributed by atoms with Crippen LogP contribution in [-0.2, 0) is 6.61 Å². The number of hydrogen-bond donors (Lipinski definition) is 1. The Balaban J connectivity index is 2.92. The Labute approximate surface area is 90.7 Å². The molecule has 0 amide bonds. The van der Waals surface area contributed by atoms with Gasteiger partial charge in [-0.25, -0.2) is 0 Å². The second kappa shape index (κ2) is 3.41. The molecule has 0 aliphatic heterocycles. The molecular weight excluding hydrogens is 244 g/mol. The predicted molar refractivity (Wildman–Crippen MR) is 59.3 cm³/mol. The number of aliphatic hydroxyl groups excluding tert-OH is 1. The number of aryl methyl sites for hydroxylation is 2. The van der Waals surface area contributed by atoms with Gasteiger partial charge in [-0.2, -0.15) is 0 Å². The van der Waals surface area contributed by atoms with E-state index in [2.05, 4.69) is 15.9 Å². The summed E-state index contributed by atoms with van der Waals surface area (Å²) in [7, 11) is 0. The van der Waals surface area contributed by atoms with Gasteiger partial charge in [-0.05, 0) is 47.0 Å². The zero-order valence-electron chi connectivity index (χ0n) is 8.10. The van der Waals surface area contributed by atoms with Crippen LogP contribution in [0.5, 0.6) is 0 Å². The van der Waals surface area contributed by atoms with E-state index >= 15 is 0 Å². The molecule has 0 radical (unpaired) electrons. The molecule has 2 aromatic rings. The van der Waals surface area contributed by atoms with Crippen LogP contribution in [-0.4, -0.2) is 5.11 Å². The van der Waals surface area contributed by atoms with Crippen molar-refractivity contribution in [3.8, 4) is 0 Å². The Morgan fingerprint density at radius 2 is 2.07 bits per heavy atom. The number of aliphatic hydroxyl groups is 1. The van der Waals surface area contributed by atoms with Crippen LogP contribution in [0.4, 0.5) is 0 Å². The third kappa shape index (κ3) is 1.28. The van der Waals surface area contributed by atoms with Gasteiger partial charge >= 0.3 is 0 Å². The van der Waals surface area contributed by atoms with Crippen molar-refractivity contribution in [3.63, 3.8) is 0 Å². The molecule has 2 nitrogen and oxygen atoms in total. The third-order valence-corrected chi connectivity index (χ3v) is 3.15. The third-order valence-electron chi connectivity index (χ3n) is 2.52. The Morgan fingerprint density at radius 3 is 2.71 bits per heavy atom. The molecule has 0 bridgehead atoms. The summed E-state index contributed by atoms with van der Waals surface area (Å²) in [6.45, 7) is 3.99. The lowest BCUT2D eigenvalue weighted by molar-refractivity contribution is 0.283. The van der Waals surface area contributed by atoms with Gasteiger partial charge < -0.3 is 9.52 Å². The van der Waals surface area contributed by atoms with Crippen molar-refractivity contribution in [1.82, 2.24) is 0 Å². The maximum atomic E-state index is 9.20. The van der Waals surface area contributed by atoms with Crippen molar-refractivity contribution in [2.45, 2.75) is 20.5 Å². The lowest BCUT2D eigenvalue weighted by atomic mass is 10.1. The number of halogens is 1. The zero-order valence-corrected chi connectivity index (χ0v) is 9.68. The summed E-state index contributed by atoms with van der Waals surface area (Å²) in [6.07, 6.45) is 0. The van der Waals surface area contributed by atoms with Gasteiger partial charge in [0.2, 0.25) is 0 Å². The summed E-state index contributed by atoms with van der Waals surface area (Å²) in [5.41, 5.74) is 2.84. The van der Waals surface area contributed by atoms with Crippen LogP contribution in [0.15, 0.2) is 21.0 Å². The van der Waals surface area contributed by atoms with E-state index in [4.69, 9.17) is 4.42 Å². The van der Waals surface area contributed by atoms with Crippen molar-refractivity contribution < 1.29 is 9.52 Å².